The molecule has 1 aliphatic rings. The second-order valence-electron chi connectivity index (χ2n) is 5.44. The second kappa shape index (κ2) is 5.84. The number of nitrogens with one attached hydrogen (secondary N) is 2. The summed E-state index contributed by atoms with van der Waals surface area (Å²) in [6, 6.07) is 18.6. The molecule has 3 nitrogen and oxygen atoms in total. The van der Waals surface area contributed by atoms with Crippen molar-refractivity contribution >= 4 is 23.3 Å². The summed E-state index contributed by atoms with van der Waals surface area (Å²) in [5.74, 6) is 0. The first kappa shape index (κ1) is 14.6. The van der Waals surface area contributed by atoms with Crippen molar-refractivity contribution in [3.63, 3.8) is 0 Å². The van der Waals surface area contributed by atoms with Crippen molar-refractivity contribution in [2.75, 3.05) is 6.54 Å². The van der Waals surface area contributed by atoms with E-state index in [1.165, 1.54) is 22.2 Å². The molecule has 110 valence electrons. The van der Waals surface area contributed by atoms with Crippen LogP contribution in [0.5, 0.6) is 0 Å². The molecule has 0 amide bonds. The highest BCUT2D eigenvalue weighted by Gasteiger charge is 2.25. The van der Waals surface area contributed by atoms with Crippen molar-refractivity contribution in [3.8, 4) is 6.07 Å². The van der Waals surface area contributed by atoms with E-state index in [9.17, 15) is 0 Å². The predicted molar refractivity (Wildman–Crippen MR) is 90.3 cm³/mol. The number of rotatable bonds is 1. The molecular formula is C18H16ClN3. The van der Waals surface area contributed by atoms with Crippen LogP contribution in [0.25, 0.3) is 10.9 Å². The third-order valence-electron chi connectivity index (χ3n) is 4.21. The Kier molecular flexibility index (Phi) is 3.89. The SMILES string of the molecule is Cl.N#Cc1cccc(C2NCCc3c2[nH]c2ccccc32)c1. The Morgan fingerprint density at radius 1 is 1.09 bits per heavy atom. The highest BCUT2D eigenvalue weighted by Crippen LogP contribution is 2.33. The number of para-hydroxylation sites is 1. The van der Waals surface area contributed by atoms with Crippen molar-refractivity contribution < 1.29 is 0 Å². The molecule has 0 fully saturated rings. The van der Waals surface area contributed by atoms with Gasteiger partial charge < -0.3 is 10.3 Å². The van der Waals surface area contributed by atoms with Crippen LogP contribution in [-0.2, 0) is 6.42 Å². The smallest absolute Gasteiger partial charge is 0.0991 e. The van der Waals surface area contributed by atoms with Gasteiger partial charge in [0, 0.05) is 23.1 Å². The van der Waals surface area contributed by atoms with Gasteiger partial charge in [-0.3, -0.25) is 0 Å². The monoisotopic (exact) mass is 309 g/mol. The Labute approximate surface area is 135 Å². The Morgan fingerprint density at radius 2 is 1.95 bits per heavy atom. The van der Waals surface area contributed by atoms with Gasteiger partial charge in [0.2, 0.25) is 0 Å². The van der Waals surface area contributed by atoms with Gasteiger partial charge in [-0.05, 0) is 35.7 Å². The van der Waals surface area contributed by atoms with Gasteiger partial charge >= 0.3 is 0 Å². The molecule has 2 N–H and O–H groups in total. The lowest BCUT2D eigenvalue weighted by Gasteiger charge is -2.25. The summed E-state index contributed by atoms with van der Waals surface area (Å²) in [5, 5.41) is 14.0. The molecule has 0 spiro atoms. The fourth-order valence-electron chi connectivity index (χ4n) is 3.25. The molecule has 22 heavy (non-hydrogen) atoms. The molecule has 1 aromatic heterocycles. The summed E-state index contributed by atoms with van der Waals surface area (Å²) in [6.07, 6.45) is 1.04. The van der Waals surface area contributed by atoms with Crippen LogP contribution in [0.3, 0.4) is 0 Å². The first-order valence-corrected chi connectivity index (χ1v) is 7.20. The van der Waals surface area contributed by atoms with Crippen LogP contribution < -0.4 is 5.32 Å². The summed E-state index contributed by atoms with van der Waals surface area (Å²) in [7, 11) is 0. The van der Waals surface area contributed by atoms with E-state index >= 15 is 0 Å². The maximum absolute atomic E-state index is 9.09. The molecule has 2 heterocycles. The molecule has 0 saturated heterocycles. The third-order valence-corrected chi connectivity index (χ3v) is 4.21. The molecule has 1 unspecified atom stereocenters. The molecule has 4 rings (SSSR count). The van der Waals surface area contributed by atoms with E-state index in [-0.39, 0.29) is 18.4 Å². The molecule has 1 aliphatic heterocycles. The van der Waals surface area contributed by atoms with E-state index in [2.05, 4.69) is 46.7 Å². The average molecular weight is 310 g/mol. The number of nitriles is 1. The van der Waals surface area contributed by atoms with Gasteiger partial charge in [0.1, 0.15) is 0 Å². The van der Waals surface area contributed by atoms with Crippen LogP contribution in [0.2, 0.25) is 0 Å². The maximum Gasteiger partial charge on any atom is 0.0991 e. The highest BCUT2D eigenvalue weighted by molar-refractivity contribution is 5.85. The number of nitrogens with zero attached hydrogens (tertiary/aromatic N) is 1. The lowest BCUT2D eigenvalue weighted by Crippen LogP contribution is -2.30. The Hall–Kier alpha value is -2.28. The maximum atomic E-state index is 9.09. The van der Waals surface area contributed by atoms with E-state index in [0.29, 0.717) is 5.56 Å². The molecule has 0 saturated carbocycles. The highest BCUT2D eigenvalue weighted by atomic mass is 35.5. The minimum absolute atomic E-state index is 0. The quantitative estimate of drug-likeness (QED) is 0.720. The van der Waals surface area contributed by atoms with Crippen molar-refractivity contribution in [1.29, 1.82) is 5.26 Å². The summed E-state index contributed by atoms with van der Waals surface area (Å²) < 4.78 is 0. The van der Waals surface area contributed by atoms with Crippen LogP contribution in [0.15, 0.2) is 48.5 Å². The third kappa shape index (κ3) is 2.27. The van der Waals surface area contributed by atoms with Crippen molar-refractivity contribution in [1.82, 2.24) is 10.3 Å². The molecule has 3 aromatic rings. The lowest BCUT2D eigenvalue weighted by molar-refractivity contribution is 0.560. The lowest BCUT2D eigenvalue weighted by atomic mass is 9.93. The number of aromatic amines is 1. The van der Waals surface area contributed by atoms with E-state index < -0.39 is 0 Å². The van der Waals surface area contributed by atoms with E-state index in [4.69, 9.17) is 5.26 Å². The standard InChI is InChI=1S/C18H15N3.ClH/c19-11-12-4-3-5-13(10-12)17-18-15(8-9-20-17)14-6-1-2-7-16(14)21-18;/h1-7,10,17,20-21H,8-9H2;1H. The molecule has 0 aliphatic carbocycles. The number of halogens is 1. The van der Waals surface area contributed by atoms with Gasteiger partial charge in [-0.25, -0.2) is 0 Å². The molecule has 2 aromatic carbocycles. The van der Waals surface area contributed by atoms with Gasteiger partial charge in [0.05, 0.1) is 17.7 Å². The number of H-pyrrole nitrogens is 1. The largest absolute Gasteiger partial charge is 0.357 e. The summed E-state index contributed by atoms with van der Waals surface area (Å²) in [5.41, 5.74) is 5.67. The van der Waals surface area contributed by atoms with Crippen LogP contribution in [0, 0.1) is 11.3 Å². The summed E-state index contributed by atoms with van der Waals surface area (Å²) >= 11 is 0. The number of hydrogen-bond acceptors (Lipinski definition) is 2. The van der Waals surface area contributed by atoms with E-state index in [1.54, 1.807) is 0 Å². The number of fused-ring (bicyclic) bond motifs is 3. The van der Waals surface area contributed by atoms with Crippen molar-refractivity contribution in [3.05, 3.63) is 70.9 Å². The van der Waals surface area contributed by atoms with Crippen LogP contribution >= 0.6 is 12.4 Å². The minimum Gasteiger partial charge on any atom is -0.357 e. The van der Waals surface area contributed by atoms with Crippen molar-refractivity contribution in [2.45, 2.75) is 12.5 Å². The van der Waals surface area contributed by atoms with Gasteiger partial charge in [-0.2, -0.15) is 5.26 Å². The first-order valence-electron chi connectivity index (χ1n) is 7.20. The van der Waals surface area contributed by atoms with Crippen LogP contribution in [0.4, 0.5) is 0 Å². The fourth-order valence-corrected chi connectivity index (χ4v) is 3.25. The van der Waals surface area contributed by atoms with Gasteiger partial charge in [-0.15, -0.1) is 12.4 Å². The second-order valence-corrected chi connectivity index (χ2v) is 5.44. The average Bonchev–Trinajstić information content (AvgIpc) is 2.93. The van der Waals surface area contributed by atoms with E-state index in [0.717, 1.165) is 18.5 Å². The van der Waals surface area contributed by atoms with Gasteiger partial charge in [0.25, 0.3) is 0 Å². The van der Waals surface area contributed by atoms with Gasteiger partial charge in [0.15, 0.2) is 0 Å². The Bertz CT molecular complexity index is 860. The zero-order valence-corrected chi connectivity index (χ0v) is 12.8. The number of hydrogen-bond donors (Lipinski definition) is 2. The first-order chi connectivity index (χ1) is 10.4. The zero-order chi connectivity index (χ0) is 14.2. The minimum atomic E-state index is 0. The fraction of sp³-hybridized carbons (Fsp3) is 0.167. The van der Waals surface area contributed by atoms with E-state index in [1.807, 2.05) is 18.2 Å². The number of benzene rings is 2. The van der Waals surface area contributed by atoms with Crippen LogP contribution in [0.1, 0.15) is 28.4 Å². The van der Waals surface area contributed by atoms with Crippen molar-refractivity contribution in [2.24, 2.45) is 0 Å². The Morgan fingerprint density at radius 3 is 2.82 bits per heavy atom. The Balaban J connectivity index is 0.00000144. The zero-order valence-electron chi connectivity index (χ0n) is 12.0. The molecule has 1 atom stereocenters. The predicted octanol–water partition coefficient (Wildman–Crippen LogP) is 3.70. The normalized spacial score (nSPS) is 16.6. The summed E-state index contributed by atoms with van der Waals surface area (Å²) in [6.45, 7) is 0.955. The van der Waals surface area contributed by atoms with Gasteiger partial charge in [-0.1, -0.05) is 30.3 Å². The molecule has 4 heteroatoms. The topological polar surface area (TPSA) is 51.6 Å². The molecule has 0 bridgehead atoms. The summed E-state index contributed by atoms with van der Waals surface area (Å²) in [4.78, 5) is 3.56. The molecular weight excluding hydrogens is 294 g/mol. The van der Waals surface area contributed by atoms with Crippen LogP contribution in [-0.4, -0.2) is 11.5 Å². The number of aromatic nitrogens is 1. The molecule has 0 radical (unpaired) electrons.